The van der Waals surface area contributed by atoms with Crippen molar-refractivity contribution >= 4 is 45.9 Å². The summed E-state index contributed by atoms with van der Waals surface area (Å²) in [6.45, 7) is 3.29. The van der Waals surface area contributed by atoms with Crippen LogP contribution in [0.1, 0.15) is 31.0 Å². The molecule has 0 atom stereocenters. The highest BCUT2D eigenvalue weighted by Crippen LogP contribution is 2.44. The fourth-order valence-corrected chi connectivity index (χ4v) is 6.55. The van der Waals surface area contributed by atoms with Crippen LogP contribution < -0.4 is 10.5 Å². The number of Topliss-reactive ketones (excluding diaryl/α,β-unsaturated/α-hetero) is 1. The van der Waals surface area contributed by atoms with Crippen molar-refractivity contribution < 1.29 is 4.79 Å². The zero-order valence-electron chi connectivity index (χ0n) is 20.4. The Bertz CT molecular complexity index is 1540. The number of nitrogens with zero attached hydrogens (tertiary/aromatic N) is 6. The molecule has 1 spiro atoms. The molecule has 1 aromatic carbocycles. The highest BCUT2D eigenvalue weighted by molar-refractivity contribution is 7.99. The average Bonchev–Trinajstić information content (AvgIpc) is 3.25. The van der Waals surface area contributed by atoms with Gasteiger partial charge < -0.3 is 4.90 Å². The molecule has 0 radical (unpaired) electrons. The van der Waals surface area contributed by atoms with Crippen molar-refractivity contribution in [3.63, 3.8) is 0 Å². The summed E-state index contributed by atoms with van der Waals surface area (Å²) < 4.78 is 1.28. The quantitative estimate of drug-likeness (QED) is 0.374. The summed E-state index contributed by atoms with van der Waals surface area (Å²) in [6, 6.07) is 7.83. The molecule has 4 aromatic rings. The van der Waals surface area contributed by atoms with E-state index >= 15 is 0 Å². The molecule has 1 aliphatic heterocycles. The molecule has 188 valence electrons. The van der Waals surface area contributed by atoms with Gasteiger partial charge >= 0.3 is 0 Å². The van der Waals surface area contributed by atoms with Gasteiger partial charge in [-0.25, -0.2) is 15.0 Å². The summed E-state index contributed by atoms with van der Waals surface area (Å²) in [4.78, 5) is 45.6. The number of anilines is 1. The lowest BCUT2D eigenvalue weighted by atomic mass is 9.76. The Morgan fingerprint density at radius 1 is 1.08 bits per heavy atom. The maximum Gasteiger partial charge on any atom is 0.263 e. The number of rotatable bonds is 5. The molecule has 1 aliphatic carbocycles. The van der Waals surface area contributed by atoms with Crippen LogP contribution in [-0.4, -0.2) is 43.4 Å². The maximum absolute atomic E-state index is 12.9. The first-order valence-electron chi connectivity index (χ1n) is 12.3. The number of halogens is 1. The van der Waals surface area contributed by atoms with E-state index in [0.717, 1.165) is 44.6 Å². The highest BCUT2D eigenvalue weighted by atomic mass is 35.5. The first-order valence-corrected chi connectivity index (χ1v) is 13.4. The summed E-state index contributed by atoms with van der Waals surface area (Å²) in [5.74, 6) is 0.739. The minimum Gasteiger partial charge on any atom is -0.355 e. The second-order valence-electron chi connectivity index (χ2n) is 9.92. The van der Waals surface area contributed by atoms with Crippen molar-refractivity contribution in [2.45, 2.75) is 49.1 Å². The van der Waals surface area contributed by atoms with Crippen molar-refractivity contribution in [1.29, 1.82) is 0 Å². The van der Waals surface area contributed by atoms with Gasteiger partial charge in [-0.3, -0.25) is 19.1 Å². The molecule has 3 aromatic heterocycles. The molecule has 4 heterocycles. The number of pyridine rings is 1. The molecule has 1 saturated heterocycles. The standard InChI is InChI=1S/C27H25ClN6O2S/c1-17(35)15-34-16-32-19-4-5-21(25(28)24(19)26(34)36)37-23-14-30-22(13-31-23)33-9-6-27(7-10-33)11-18-3-2-8-29-20(18)12-27/h2-5,8,13-14,16H,6-7,9-12,15H2,1H3. The monoisotopic (exact) mass is 532 g/mol. The second kappa shape index (κ2) is 9.54. The third-order valence-corrected chi connectivity index (χ3v) is 8.84. The van der Waals surface area contributed by atoms with Crippen LogP contribution in [0.25, 0.3) is 10.9 Å². The molecule has 2 aliphatic rings. The zero-order valence-corrected chi connectivity index (χ0v) is 21.9. The molecular weight excluding hydrogens is 508 g/mol. The summed E-state index contributed by atoms with van der Waals surface area (Å²) in [5, 5.41) is 1.28. The molecule has 1 fully saturated rings. The lowest BCUT2D eigenvalue weighted by Gasteiger charge is -2.39. The van der Waals surface area contributed by atoms with Crippen LogP contribution in [-0.2, 0) is 24.2 Å². The van der Waals surface area contributed by atoms with E-state index in [4.69, 9.17) is 11.6 Å². The van der Waals surface area contributed by atoms with Gasteiger partial charge in [0.05, 0.1) is 41.2 Å². The van der Waals surface area contributed by atoms with Crippen LogP contribution in [0.4, 0.5) is 5.82 Å². The van der Waals surface area contributed by atoms with E-state index in [2.05, 4.69) is 30.9 Å². The summed E-state index contributed by atoms with van der Waals surface area (Å²) in [7, 11) is 0. The zero-order chi connectivity index (χ0) is 25.6. The van der Waals surface area contributed by atoms with Gasteiger partial charge in [0.15, 0.2) is 0 Å². The predicted molar refractivity (Wildman–Crippen MR) is 143 cm³/mol. The van der Waals surface area contributed by atoms with E-state index < -0.39 is 0 Å². The van der Waals surface area contributed by atoms with E-state index in [0.29, 0.717) is 31.3 Å². The lowest BCUT2D eigenvalue weighted by molar-refractivity contribution is -0.117. The van der Waals surface area contributed by atoms with Crippen molar-refractivity contribution in [3.05, 3.63) is 75.8 Å². The van der Waals surface area contributed by atoms with E-state index in [9.17, 15) is 9.59 Å². The van der Waals surface area contributed by atoms with Crippen LogP contribution in [0.5, 0.6) is 0 Å². The Morgan fingerprint density at radius 2 is 1.92 bits per heavy atom. The fourth-order valence-electron chi connectivity index (χ4n) is 5.43. The van der Waals surface area contributed by atoms with E-state index in [1.54, 1.807) is 12.3 Å². The molecule has 0 unspecified atom stereocenters. The highest BCUT2D eigenvalue weighted by Gasteiger charge is 2.40. The topological polar surface area (TPSA) is 93.9 Å². The molecule has 0 saturated carbocycles. The fraction of sp³-hybridized carbons (Fsp3) is 0.333. The summed E-state index contributed by atoms with van der Waals surface area (Å²) >= 11 is 7.98. The van der Waals surface area contributed by atoms with E-state index in [1.165, 1.54) is 40.8 Å². The molecule has 0 amide bonds. The molecule has 10 heteroatoms. The summed E-state index contributed by atoms with van der Waals surface area (Å²) in [6.07, 6.45) is 11.2. The number of piperidine rings is 1. The van der Waals surface area contributed by atoms with Gasteiger partial charge in [-0.05, 0) is 61.8 Å². The largest absolute Gasteiger partial charge is 0.355 e. The normalized spacial score (nSPS) is 16.3. The van der Waals surface area contributed by atoms with Gasteiger partial charge in [-0.2, -0.15) is 0 Å². The second-order valence-corrected chi connectivity index (χ2v) is 11.4. The first kappa shape index (κ1) is 24.1. The third kappa shape index (κ3) is 4.62. The first-order chi connectivity index (χ1) is 17.9. The number of benzene rings is 1. The van der Waals surface area contributed by atoms with Crippen LogP contribution in [0.3, 0.4) is 0 Å². The molecule has 0 bridgehead atoms. The van der Waals surface area contributed by atoms with Crippen molar-refractivity contribution in [1.82, 2.24) is 24.5 Å². The molecule has 6 rings (SSSR count). The number of hydrogen-bond donors (Lipinski definition) is 0. The third-order valence-electron chi connectivity index (χ3n) is 7.36. The maximum atomic E-state index is 12.9. The van der Waals surface area contributed by atoms with Crippen molar-refractivity contribution in [2.24, 2.45) is 5.41 Å². The van der Waals surface area contributed by atoms with Crippen molar-refractivity contribution in [3.8, 4) is 0 Å². The Hall–Kier alpha value is -3.30. The Balaban J connectivity index is 1.16. The Morgan fingerprint density at radius 3 is 2.65 bits per heavy atom. The van der Waals surface area contributed by atoms with Gasteiger partial charge in [0, 0.05) is 29.9 Å². The SMILES string of the molecule is CC(=O)Cn1cnc2ccc(Sc3cnc(N4CCC5(CC4)Cc4cccnc4C5)cn3)c(Cl)c2c1=O. The molecule has 8 nitrogen and oxygen atoms in total. The molecule has 0 N–H and O–H groups in total. The number of fused-ring (bicyclic) bond motifs is 2. The number of carbonyl (C=O) groups is 1. The van der Waals surface area contributed by atoms with Gasteiger partial charge in [0.1, 0.15) is 16.6 Å². The van der Waals surface area contributed by atoms with Crippen molar-refractivity contribution in [2.75, 3.05) is 18.0 Å². The molecule has 37 heavy (non-hydrogen) atoms. The number of ketones is 1. The minimum atomic E-state index is -0.335. The smallest absolute Gasteiger partial charge is 0.263 e. The van der Waals surface area contributed by atoms with E-state index in [-0.39, 0.29) is 17.9 Å². The van der Waals surface area contributed by atoms with E-state index in [1.807, 2.05) is 24.5 Å². The Kier molecular flexibility index (Phi) is 6.20. The van der Waals surface area contributed by atoms with Crippen LogP contribution in [0.15, 0.2) is 63.9 Å². The number of aromatic nitrogens is 5. The lowest BCUT2D eigenvalue weighted by Crippen LogP contribution is -2.41. The Labute approximate surface area is 223 Å². The number of hydrogen-bond acceptors (Lipinski definition) is 8. The minimum absolute atomic E-state index is 0.0378. The van der Waals surface area contributed by atoms with Crippen LogP contribution in [0, 0.1) is 5.41 Å². The number of carbonyl (C=O) groups excluding carboxylic acids is 1. The van der Waals surface area contributed by atoms with Gasteiger partial charge in [0.2, 0.25) is 0 Å². The van der Waals surface area contributed by atoms with Gasteiger partial charge in [-0.15, -0.1) is 0 Å². The van der Waals surface area contributed by atoms with Crippen LogP contribution in [0.2, 0.25) is 5.02 Å². The summed E-state index contributed by atoms with van der Waals surface area (Å²) in [5.41, 5.74) is 3.14. The van der Waals surface area contributed by atoms with Crippen LogP contribution >= 0.6 is 23.4 Å². The average molecular weight is 533 g/mol. The van der Waals surface area contributed by atoms with Gasteiger partial charge in [0.25, 0.3) is 5.56 Å². The van der Waals surface area contributed by atoms with Gasteiger partial charge in [-0.1, -0.05) is 29.4 Å². The predicted octanol–water partition coefficient (Wildman–Crippen LogP) is 4.36. The molecular formula is C27H25ClN6O2S.